The van der Waals surface area contributed by atoms with Crippen molar-refractivity contribution in [3.63, 3.8) is 0 Å². The van der Waals surface area contributed by atoms with E-state index >= 15 is 0 Å². The van der Waals surface area contributed by atoms with Crippen molar-refractivity contribution in [1.82, 2.24) is 4.98 Å². The molecule has 126 valence electrons. The number of methoxy groups -OCH3 is 1. The molecule has 3 aromatic rings. The zero-order chi connectivity index (χ0) is 17.4. The van der Waals surface area contributed by atoms with Crippen molar-refractivity contribution in [3.05, 3.63) is 76.8 Å². The summed E-state index contributed by atoms with van der Waals surface area (Å²) in [7, 11) is 1.47. The van der Waals surface area contributed by atoms with E-state index in [2.05, 4.69) is 48.3 Å². The molecule has 1 aromatic heterocycles. The second-order valence-electron chi connectivity index (χ2n) is 6.41. The Labute approximate surface area is 151 Å². The number of aryl methyl sites for hydroxylation is 1. The molecule has 25 heavy (non-hydrogen) atoms. The van der Waals surface area contributed by atoms with Crippen LogP contribution in [0.2, 0.25) is 0 Å². The van der Waals surface area contributed by atoms with E-state index in [1.165, 1.54) is 23.1 Å². The first-order chi connectivity index (χ1) is 12.2. The topological polar surface area (TPSA) is 39.2 Å². The number of nitrogens with zero attached hydrogens (tertiary/aromatic N) is 1. The summed E-state index contributed by atoms with van der Waals surface area (Å²) in [6, 6.07) is 18.7. The van der Waals surface area contributed by atoms with E-state index in [0.29, 0.717) is 0 Å². The predicted octanol–water partition coefficient (Wildman–Crippen LogP) is 4.79. The molecule has 0 radical (unpaired) electrons. The Kier molecular flexibility index (Phi) is 4.14. The molecule has 2 aromatic carbocycles. The van der Waals surface area contributed by atoms with Gasteiger partial charge in [0.15, 0.2) is 0 Å². The number of hydrogen-bond donors (Lipinski definition) is 0. The fraction of sp³-hybridized carbons (Fsp3) is 0.238. The highest BCUT2D eigenvalue weighted by molar-refractivity contribution is 7.14. The zero-order valence-corrected chi connectivity index (χ0v) is 15.0. The normalized spacial score (nSPS) is 21.8. The number of aromatic nitrogens is 1. The van der Waals surface area contributed by atoms with Crippen molar-refractivity contribution < 1.29 is 9.53 Å². The van der Waals surface area contributed by atoms with Gasteiger partial charge in [0.05, 0.1) is 13.0 Å². The number of carbonyl (C=O) groups excluding carboxylic acids is 1. The van der Waals surface area contributed by atoms with Gasteiger partial charge in [0.25, 0.3) is 0 Å². The molecule has 0 spiro atoms. The number of benzene rings is 2. The predicted molar refractivity (Wildman–Crippen MR) is 99.7 cm³/mol. The van der Waals surface area contributed by atoms with Crippen molar-refractivity contribution >= 4 is 17.3 Å². The Morgan fingerprint density at radius 1 is 1.00 bits per heavy atom. The maximum atomic E-state index is 12.2. The Morgan fingerprint density at radius 2 is 1.64 bits per heavy atom. The SMILES string of the molecule is COC(=O)C1C(c2ccccc2)C1c1ccc(-c2ncc(C)s2)cc1. The van der Waals surface area contributed by atoms with E-state index in [1.54, 1.807) is 11.3 Å². The van der Waals surface area contributed by atoms with Crippen LogP contribution in [-0.4, -0.2) is 18.1 Å². The molecule has 4 rings (SSSR count). The van der Waals surface area contributed by atoms with Crippen LogP contribution in [0.4, 0.5) is 0 Å². The zero-order valence-electron chi connectivity index (χ0n) is 14.2. The minimum absolute atomic E-state index is 0.0969. The minimum Gasteiger partial charge on any atom is -0.469 e. The number of carbonyl (C=O) groups is 1. The third kappa shape index (κ3) is 2.98. The van der Waals surface area contributed by atoms with Crippen molar-refractivity contribution in [1.29, 1.82) is 0 Å². The summed E-state index contributed by atoms with van der Waals surface area (Å²) in [5.74, 6) is 0.155. The summed E-state index contributed by atoms with van der Waals surface area (Å²) in [5.41, 5.74) is 3.50. The summed E-state index contributed by atoms with van der Waals surface area (Å²) < 4.78 is 5.03. The molecular weight excluding hydrogens is 330 g/mol. The lowest BCUT2D eigenvalue weighted by molar-refractivity contribution is -0.142. The molecule has 0 N–H and O–H groups in total. The number of hydrogen-bond acceptors (Lipinski definition) is 4. The fourth-order valence-corrected chi connectivity index (χ4v) is 4.35. The standard InChI is InChI=1S/C21H19NO2S/c1-13-12-22-20(25-13)16-10-8-15(9-11-16)18-17(19(18)21(23)24-2)14-6-4-3-5-7-14/h3-12,17-19H,1-2H3. The van der Waals surface area contributed by atoms with Gasteiger partial charge in [0.1, 0.15) is 5.01 Å². The summed E-state index contributed by atoms with van der Waals surface area (Å²) in [6.45, 7) is 2.06. The first kappa shape index (κ1) is 16.0. The Morgan fingerprint density at radius 3 is 2.20 bits per heavy atom. The molecule has 1 fully saturated rings. The van der Waals surface area contributed by atoms with Crippen LogP contribution in [0.1, 0.15) is 27.8 Å². The molecule has 0 bridgehead atoms. The maximum Gasteiger partial charge on any atom is 0.309 e. The smallest absolute Gasteiger partial charge is 0.309 e. The van der Waals surface area contributed by atoms with E-state index < -0.39 is 0 Å². The molecule has 3 nitrogen and oxygen atoms in total. The molecule has 0 aliphatic heterocycles. The number of thiazole rings is 1. The molecule has 0 saturated heterocycles. The van der Waals surface area contributed by atoms with Gasteiger partial charge < -0.3 is 4.74 Å². The highest BCUT2D eigenvalue weighted by Crippen LogP contribution is 2.60. The monoisotopic (exact) mass is 349 g/mol. The molecule has 3 unspecified atom stereocenters. The molecule has 0 amide bonds. The maximum absolute atomic E-state index is 12.2. The molecule has 1 saturated carbocycles. The van der Waals surface area contributed by atoms with Crippen molar-refractivity contribution in [3.8, 4) is 10.6 Å². The summed E-state index contributed by atoms with van der Waals surface area (Å²) in [5, 5.41) is 1.03. The van der Waals surface area contributed by atoms with Crippen molar-refractivity contribution in [2.75, 3.05) is 7.11 Å². The van der Waals surface area contributed by atoms with Gasteiger partial charge in [-0.1, -0.05) is 54.6 Å². The summed E-state index contributed by atoms with van der Waals surface area (Å²) in [6.07, 6.45) is 1.90. The van der Waals surface area contributed by atoms with Gasteiger partial charge in [-0.3, -0.25) is 4.79 Å². The average Bonchev–Trinajstić information content (AvgIpc) is 3.27. The van der Waals surface area contributed by atoms with Crippen molar-refractivity contribution in [2.24, 2.45) is 5.92 Å². The van der Waals surface area contributed by atoms with Gasteiger partial charge in [-0.2, -0.15) is 0 Å². The van der Waals surface area contributed by atoms with Crippen LogP contribution in [0.25, 0.3) is 10.6 Å². The Bertz CT molecular complexity index is 886. The lowest BCUT2D eigenvalue weighted by Gasteiger charge is -2.03. The third-order valence-corrected chi connectivity index (χ3v) is 5.80. The van der Waals surface area contributed by atoms with E-state index in [4.69, 9.17) is 4.74 Å². The Hall–Kier alpha value is -2.46. The lowest BCUT2D eigenvalue weighted by Crippen LogP contribution is -2.05. The average molecular weight is 349 g/mol. The van der Waals surface area contributed by atoms with Gasteiger partial charge >= 0.3 is 5.97 Å². The van der Waals surface area contributed by atoms with Gasteiger partial charge in [-0.15, -0.1) is 11.3 Å². The van der Waals surface area contributed by atoms with E-state index in [-0.39, 0.29) is 23.7 Å². The Balaban J connectivity index is 1.62. The number of rotatable bonds is 4. The van der Waals surface area contributed by atoms with Crippen LogP contribution < -0.4 is 0 Å². The molecule has 4 heteroatoms. The second kappa shape index (κ2) is 6.45. The van der Waals surface area contributed by atoms with Crippen LogP contribution in [0.15, 0.2) is 60.8 Å². The van der Waals surface area contributed by atoms with Crippen LogP contribution in [-0.2, 0) is 9.53 Å². The van der Waals surface area contributed by atoms with Crippen LogP contribution in [0.5, 0.6) is 0 Å². The third-order valence-electron chi connectivity index (χ3n) is 4.84. The second-order valence-corrected chi connectivity index (χ2v) is 7.64. The molecule has 1 heterocycles. The van der Waals surface area contributed by atoms with E-state index in [1.807, 2.05) is 24.4 Å². The first-order valence-electron chi connectivity index (χ1n) is 8.34. The molecule has 1 aliphatic carbocycles. The van der Waals surface area contributed by atoms with Gasteiger partial charge in [0.2, 0.25) is 0 Å². The molecule has 3 atom stereocenters. The quantitative estimate of drug-likeness (QED) is 0.636. The van der Waals surface area contributed by atoms with Crippen LogP contribution in [0.3, 0.4) is 0 Å². The fourth-order valence-electron chi connectivity index (χ4n) is 3.58. The summed E-state index contributed by atoms with van der Waals surface area (Å²) in [4.78, 5) is 17.8. The van der Waals surface area contributed by atoms with Crippen LogP contribution >= 0.6 is 11.3 Å². The van der Waals surface area contributed by atoms with Gasteiger partial charge in [-0.25, -0.2) is 4.98 Å². The first-order valence-corrected chi connectivity index (χ1v) is 9.16. The van der Waals surface area contributed by atoms with Gasteiger partial charge in [0, 0.05) is 28.5 Å². The molecular formula is C21H19NO2S. The number of esters is 1. The van der Waals surface area contributed by atoms with E-state index in [9.17, 15) is 4.79 Å². The van der Waals surface area contributed by atoms with Gasteiger partial charge in [-0.05, 0) is 18.1 Å². The largest absolute Gasteiger partial charge is 0.469 e. The lowest BCUT2D eigenvalue weighted by atomic mass is 10.0. The van der Waals surface area contributed by atoms with Crippen LogP contribution in [0, 0.1) is 12.8 Å². The summed E-state index contributed by atoms with van der Waals surface area (Å²) >= 11 is 1.69. The number of ether oxygens (including phenoxy) is 1. The highest BCUT2D eigenvalue weighted by Gasteiger charge is 2.56. The van der Waals surface area contributed by atoms with Crippen molar-refractivity contribution in [2.45, 2.75) is 18.8 Å². The minimum atomic E-state index is -0.126. The molecule has 1 aliphatic rings. The van der Waals surface area contributed by atoms with E-state index in [0.717, 1.165) is 10.6 Å². The highest BCUT2D eigenvalue weighted by atomic mass is 32.1.